The summed E-state index contributed by atoms with van der Waals surface area (Å²) in [6.45, 7) is 10.7. The molecule has 24 heavy (non-hydrogen) atoms. The van der Waals surface area contributed by atoms with Crippen LogP contribution in [-0.2, 0) is 9.53 Å². The van der Waals surface area contributed by atoms with Gasteiger partial charge >= 0.3 is 0 Å². The number of ether oxygens (including phenoxy) is 1. The van der Waals surface area contributed by atoms with Crippen LogP contribution >= 0.6 is 0 Å². The van der Waals surface area contributed by atoms with Gasteiger partial charge in [-0.2, -0.15) is 0 Å². The Kier molecular flexibility index (Phi) is 5.26. The van der Waals surface area contributed by atoms with Crippen LogP contribution in [0.25, 0.3) is 0 Å². The highest BCUT2D eigenvalue weighted by Gasteiger charge is 2.41. The van der Waals surface area contributed by atoms with Gasteiger partial charge in [-0.05, 0) is 23.8 Å². The Balaban J connectivity index is 1.88. The van der Waals surface area contributed by atoms with Crippen molar-refractivity contribution in [3.8, 4) is 0 Å². The monoisotopic (exact) mass is 330 g/mol. The molecular formula is C20H30N2O2. The van der Waals surface area contributed by atoms with E-state index in [0.717, 1.165) is 38.0 Å². The zero-order chi connectivity index (χ0) is 17.2. The first-order valence-corrected chi connectivity index (χ1v) is 9.16. The number of morpholine rings is 1. The van der Waals surface area contributed by atoms with Gasteiger partial charge in [0.05, 0.1) is 13.2 Å². The number of amides is 1. The highest BCUT2D eigenvalue weighted by Crippen LogP contribution is 2.35. The molecule has 2 fully saturated rings. The first-order chi connectivity index (χ1) is 11.5. The minimum absolute atomic E-state index is 0.123. The Morgan fingerprint density at radius 3 is 2.42 bits per heavy atom. The second-order valence-corrected chi connectivity index (χ2v) is 8.02. The first-order valence-electron chi connectivity index (χ1n) is 9.16. The molecule has 0 bridgehead atoms. The van der Waals surface area contributed by atoms with Crippen molar-refractivity contribution in [1.82, 2.24) is 9.80 Å². The third-order valence-corrected chi connectivity index (χ3v) is 5.30. The number of carbonyl (C=O) groups is 1. The van der Waals surface area contributed by atoms with Gasteiger partial charge in [-0.15, -0.1) is 0 Å². The van der Waals surface area contributed by atoms with Gasteiger partial charge in [-0.3, -0.25) is 9.69 Å². The minimum atomic E-state index is -0.182. The molecule has 2 atom stereocenters. The summed E-state index contributed by atoms with van der Waals surface area (Å²) >= 11 is 0. The summed E-state index contributed by atoms with van der Waals surface area (Å²) in [4.78, 5) is 18.0. The molecule has 4 heteroatoms. The van der Waals surface area contributed by atoms with Gasteiger partial charge in [-0.1, -0.05) is 51.1 Å². The fraction of sp³-hybridized carbons (Fsp3) is 0.650. The maximum absolute atomic E-state index is 13.5. The lowest BCUT2D eigenvalue weighted by Crippen LogP contribution is -2.50. The molecule has 4 nitrogen and oxygen atoms in total. The highest BCUT2D eigenvalue weighted by atomic mass is 16.5. The molecule has 0 radical (unpaired) electrons. The molecule has 2 saturated heterocycles. The van der Waals surface area contributed by atoms with Gasteiger partial charge in [0.2, 0.25) is 5.91 Å². The Morgan fingerprint density at radius 2 is 1.79 bits per heavy atom. The number of hydrogen-bond acceptors (Lipinski definition) is 3. The van der Waals surface area contributed by atoms with Gasteiger partial charge in [0, 0.05) is 25.7 Å². The van der Waals surface area contributed by atoms with Crippen LogP contribution in [0.2, 0.25) is 0 Å². The van der Waals surface area contributed by atoms with Crippen LogP contribution in [-0.4, -0.2) is 54.6 Å². The van der Waals surface area contributed by atoms with E-state index >= 15 is 0 Å². The second kappa shape index (κ2) is 7.24. The van der Waals surface area contributed by atoms with E-state index in [9.17, 15) is 4.79 Å². The second-order valence-electron chi connectivity index (χ2n) is 8.02. The third kappa shape index (κ3) is 3.65. The van der Waals surface area contributed by atoms with Gasteiger partial charge in [0.15, 0.2) is 0 Å². The molecule has 1 aromatic rings. The van der Waals surface area contributed by atoms with Crippen LogP contribution < -0.4 is 0 Å². The lowest BCUT2D eigenvalue weighted by Gasteiger charge is -2.40. The molecule has 1 amide bonds. The van der Waals surface area contributed by atoms with Gasteiger partial charge in [0.1, 0.15) is 6.04 Å². The molecule has 3 rings (SSSR count). The zero-order valence-electron chi connectivity index (χ0n) is 15.2. The summed E-state index contributed by atoms with van der Waals surface area (Å²) in [6.07, 6.45) is 2.22. The van der Waals surface area contributed by atoms with Crippen LogP contribution in [0.5, 0.6) is 0 Å². The van der Waals surface area contributed by atoms with Crippen molar-refractivity contribution in [3.63, 3.8) is 0 Å². The van der Waals surface area contributed by atoms with E-state index in [0.29, 0.717) is 19.3 Å². The quantitative estimate of drug-likeness (QED) is 0.854. The van der Waals surface area contributed by atoms with Crippen LogP contribution in [0.4, 0.5) is 0 Å². The number of rotatable bonds is 3. The molecule has 2 unspecified atom stereocenters. The van der Waals surface area contributed by atoms with Crippen molar-refractivity contribution in [2.75, 3.05) is 32.8 Å². The minimum Gasteiger partial charge on any atom is -0.379 e. The van der Waals surface area contributed by atoms with E-state index in [-0.39, 0.29) is 17.4 Å². The fourth-order valence-corrected chi connectivity index (χ4v) is 4.07. The SMILES string of the molecule is CC(C)(C)C1CCCN1C(=O)C(c1ccccc1)N1CCOCC1. The molecule has 0 N–H and O–H groups in total. The summed E-state index contributed by atoms with van der Waals surface area (Å²) < 4.78 is 5.50. The molecule has 1 aromatic carbocycles. The summed E-state index contributed by atoms with van der Waals surface area (Å²) in [5, 5.41) is 0. The standard InChI is InChI=1S/C20H30N2O2/c1-20(2,3)17-10-7-11-22(17)19(23)18(16-8-5-4-6-9-16)21-12-14-24-15-13-21/h4-6,8-9,17-18H,7,10-15H2,1-3H3. The van der Waals surface area contributed by atoms with Crippen molar-refractivity contribution in [3.05, 3.63) is 35.9 Å². The van der Waals surface area contributed by atoms with Gasteiger partial charge in [0.25, 0.3) is 0 Å². The normalized spacial score (nSPS) is 24.1. The smallest absolute Gasteiger partial charge is 0.244 e. The largest absolute Gasteiger partial charge is 0.379 e. The Hall–Kier alpha value is -1.39. The summed E-state index contributed by atoms with van der Waals surface area (Å²) in [6, 6.07) is 10.4. The topological polar surface area (TPSA) is 32.8 Å². The van der Waals surface area contributed by atoms with Gasteiger partial charge in [-0.25, -0.2) is 0 Å². The maximum Gasteiger partial charge on any atom is 0.244 e. The van der Waals surface area contributed by atoms with Crippen LogP contribution in [0.1, 0.15) is 45.2 Å². The molecule has 0 spiro atoms. The fourth-order valence-electron chi connectivity index (χ4n) is 4.07. The van der Waals surface area contributed by atoms with Crippen LogP contribution in [0.15, 0.2) is 30.3 Å². The summed E-state index contributed by atoms with van der Waals surface area (Å²) in [5.74, 6) is 0.264. The van der Waals surface area contributed by atoms with E-state index in [4.69, 9.17) is 4.74 Å². The lowest BCUT2D eigenvalue weighted by atomic mass is 9.85. The van der Waals surface area contributed by atoms with Crippen molar-refractivity contribution in [2.24, 2.45) is 5.41 Å². The Bertz CT molecular complexity index is 547. The van der Waals surface area contributed by atoms with Crippen LogP contribution in [0.3, 0.4) is 0 Å². The predicted molar refractivity (Wildman–Crippen MR) is 95.8 cm³/mol. The van der Waals surface area contributed by atoms with E-state index < -0.39 is 0 Å². The molecule has 0 aromatic heterocycles. The van der Waals surface area contributed by atoms with Crippen molar-refractivity contribution in [1.29, 1.82) is 0 Å². The predicted octanol–water partition coefficient (Wildman–Crippen LogP) is 3.10. The number of hydrogen-bond donors (Lipinski definition) is 0. The lowest BCUT2D eigenvalue weighted by molar-refractivity contribution is -0.142. The van der Waals surface area contributed by atoms with Crippen molar-refractivity contribution >= 4 is 5.91 Å². The first kappa shape index (κ1) is 17.4. The zero-order valence-corrected chi connectivity index (χ0v) is 15.2. The number of carbonyl (C=O) groups excluding carboxylic acids is 1. The molecule has 2 aliphatic heterocycles. The Labute approximate surface area is 145 Å². The van der Waals surface area contributed by atoms with Crippen molar-refractivity contribution in [2.45, 2.75) is 45.7 Å². The number of likely N-dealkylation sites (tertiary alicyclic amines) is 1. The van der Waals surface area contributed by atoms with E-state index in [1.54, 1.807) is 0 Å². The van der Waals surface area contributed by atoms with Gasteiger partial charge < -0.3 is 9.64 Å². The molecular weight excluding hydrogens is 300 g/mol. The molecule has 0 aliphatic carbocycles. The Morgan fingerprint density at radius 1 is 1.12 bits per heavy atom. The molecule has 2 heterocycles. The number of benzene rings is 1. The maximum atomic E-state index is 13.5. The van der Waals surface area contributed by atoms with Crippen LogP contribution in [0, 0.1) is 5.41 Å². The molecule has 132 valence electrons. The summed E-state index contributed by atoms with van der Waals surface area (Å²) in [5.41, 5.74) is 1.22. The molecule has 0 saturated carbocycles. The van der Waals surface area contributed by atoms with E-state index in [2.05, 4.69) is 42.7 Å². The number of nitrogens with zero attached hydrogens (tertiary/aromatic N) is 2. The average molecular weight is 330 g/mol. The highest BCUT2D eigenvalue weighted by molar-refractivity contribution is 5.84. The van der Waals surface area contributed by atoms with E-state index in [1.165, 1.54) is 0 Å². The third-order valence-electron chi connectivity index (χ3n) is 5.30. The average Bonchev–Trinajstić information content (AvgIpc) is 3.07. The van der Waals surface area contributed by atoms with E-state index in [1.807, 2.05) is 18.2 Å². The van der Waals surface area contributed by atoms with Crippen molar-refractivity contribution < 1.29 is 9.53 Å². The molecule has 2 aliphatic rings. The summed E-state index contributed by atoms with van der Waals surface area (Å²) in [7, 11) is 0.